The number of pyridine rings is 1. The van der Waals surface area contributed by atoms with Crippen molar-refractivity contribution in [3.8, 4) is 5.75 Å². The topological polar surface area (TPSA) is 115 Å². The highest BCUT2D eigenvalue weighted by Gasteiger charge is 2.37. The molecule has 28 heavy (non-hydrogen) atoms. The van der Waals surface area contributed by atoms with E-state index < -0.39 is 32.6 Å². The number of nitrogens with one attached hydrogen (secondary N) is 1. The van der Waals surface area contributed by atoms with E-state index >= 15 is 0 Å². The van der Waals surface area contributed by atoms with Crippen molar-refractivity contribution in [1.29, 1.82) is 0 Å². The predicted octanol–water partition coefficient (Wildman–Crippen LogP) is 2.12. The van der Waals surface area contributed by atoms with E-state index in [0.717, 1.165) is 18.4 Å². The minimum atomic E-state index is -3.71. The van der Waals surface area contributed by atoms with E-state index in [1.54, 1.807) is 13.8 Å². The van der Waals surface area contributed by atoms with Gasteiger partial charge in [0.15, 0.2) is 21.3 Å². The molecule has 1 unspecified atom stereocenters. The maximum absolute atomic E-state index is 13.3. The van der Waals surface area contributed by atoms with Gasteiger partial charge < -0.3 is 9.47 Å². The van der Waals surface area contributed by atoms with Crippen LogP contribution in [-0.2, 0) is 21.2 Å². The summed E-state index contributed by atoms with van der Waals surface area (Å²) >= 11 is 0. The minimum absolute atomic E-state index is 0.0241. The van der Waals surface area contributed by atoms with Gasteiger partial charge in [0.25, 0.3) is 5.91 Å². The first-order valence-electron chi connectivity index (χ1n) is 8.27. The first-order chi connectivity index (χ1) is 13.0. The first kappa shape index (κ1) is 20.2. The molecule has 8 nitrogen and oxygen atoms in total. The molecule has 0 aliphatic carbocycles. The van der Waals surface area contributed by atoms with Crippen LogP contribution in [0.2, 0.25) is 0 Å². The Morgan fingerprint density at radius 3 is 2.54 bits per heavy atom. The number of aromatic nitrogens is 1. The number of rotatable bonds is 4. The second kappa shape index (κ2) is 7.12. The van der Waals surface area contributed by atoms with Gasteiger partial charge in [-0.2, -0.15) is 0 Å². The number of halogens is 1. The molecule has 2 aromatic rings. The summed E-state index contributed by atoms with van der Waals surface area (Å²) in [4.78, 5) is 16.0. The van der Waals surface area contributed by atoms with E-state index in [9.17, 15) is 17.6 Å². The number of fused-ring (bicyclic) bond motifs is 1. The lowest BCUT2D eigenvalue weighted by Gasteiger charge is -2.35. The lowest BCUT2D eigenvalue weighted by molar-refractivity contribution is -0.180. The van der Waals surface area contributed by atoms with E-state index in [1.807, 2.05) is 0 Å². The number of nitrogens with zero attached hydrogens (tertiary/aromatic N) is 1. The summed E-state index contributed by atoms with van der Waals surface area (Å²) in [6.45, 7) is 3.20. The van der Waals surface area contributed by atoms with Crippen LogP contribution in [-0.4, -0.2) is 36.6 Å². The monoisotopic (exact) mass is 410 g/mol. The molecule has 150 valence electrons. The van der Waals surface area contributed by atoms with E-state index in [1.165, 1.54) is 23.8 Å². The number of hydroxylamine groups is 1. The van der Waals surface area contributed by atoms with Crippen LogP contribution in [0, 0.1) is 5.82 Å². The molecule has 0 saturated heterocycles. The average Bonchev–Trinajstić information content (AvgIpc) is 2.61. The van der Waals surface area contributed by atoms with Crippen molar-refractivity contribution in [3.63, 3.8) is 0 Å². The van der Waals surface area contributed by atoms with Crippen LogP contribution in [0.3, 0.4) is 0 Å². The standard InChI is InChI=1S/C18H19FN2O6S/c1-18(2)26-9-13-12(8-20-14(15(13)27-18)17(22)21-23)16(28(3,24)25)10-4-6-11(19)7-5-10/h4-8,16,23H,9H2,1-3H3,(H,21,22). The molecular formula is C18H19FN2O6S. The van der Waals surface area contributed by atoms with E-state index in [-0.39, 0.29) is 23.6 Å². The second-order valence-corrected chi connectivity index (χ2v) is 8.99. The highest BCUT2D eigenvalue weighted by atomic mass is 32.2. The minimum Gasteiger partial charge on any atom is -0.460 e. The van der Waals surface area contributed by atoms with Gasteiger partial charge in [0.05, 0.1) is 6.61 Å². The lowest BCUT2D eigenvalue weighted by atomic mass is 9.98. The summed E-state index contributed by atoms with van der Waals surface area (Å²) in [5.74, 6) is -2.47. The molecule has 1 atom stereocenters. The molecular weight excluding hydrogens is 391 g/mol. The van der Waals surface area contributed by atoms with Gasteiger partial charge in [-0.15, -0.1) is 0 Å². The Kier molecular flexibility index (Phi) is 5.13. The Morgan fingerprint density at radius 1 is 1.32 bits per heavy atom. The molecule has 1 aliphatic heterocycles. The van der Waals surface area contributed by atoms with Crippen LogP contribution in [0.15, 0.2) is 30.5 Å². The summed E-state index contributed by atoms with van der Waals surface area (Å²) < 4.78 is 49.8. The SMILES string of the molecule is CC1(C)OCc2c(C(c3ccc(F)cc3)S(C)(=O)=O)cnc(C(=O)NO)c2O1. The molecule has 0 fully saturated rings. The summed E-state index contributed by atoms with van der Waals surface area (Å²) in [5.41, 5.74) is 2.18. The maximum Gasteiger partial charge on any atom is 0.297 e. The number of hydrogen-bond donors (Lipinski definition) is 2. The van der Waals surface area contributed by atoms with Crippen LogP contribution in [0.5, 0.6) is 5.75 Å². The van der Waals surface area contributed by atoms with Crippen molar-refractivity contribution >= 4 is 15.7 Å². The summed E-state index contributed by atoms with van der Waals surface area (Å²) in [7, 11) is -3.71. The third-order valence-electron chi connectivity index (χ3n) is 4.28. The van der Waals surface area contributed by atoms with Gasteiger partial charge in [0, 0.05) is 37.4 Å². The Hall–Kier alpha value is -2.56. The molecule has 10 heteroatoms. The van der Waals surface area contributed by atoms with Crippen LogP contribution in [0.25, 0.3) is 0 Å². The van der Waals surface area contributed by atoms with Crippen LogP contribution < -0.4 is 10.2 Å². The fourth-order valence-corrected chi connectivity index (χ4v) is 4.38. The molecule has 1 amide bonds. The van der Waals surface area contributed by atoms with Crippen molar-refractivity contribution < 1.29 is 32.3 Å². The smallest absolute Gasteiger partial charge is 0.297 e. The number of carbonyl (C=O) groups excluding carboxylic acids is 1. The predicted molar refractivity (Wildman–Crippen MR) is 96.1 cm³/mol. The van der Waals surface area contributed by atoms with Crippen LogP contribution in [0.1, 0.15) is 46.3 Å². The van der Waals surface area contributed by atoms with Gasteiger partial charge in [-0.3, -0.25) is 10.0 Å². The zero-order valence-electron chi connectivity index (χ0n) is 15.4. The van der Waals surface area contributed by atoms with Gasteiger partial charge in [-0.1, -0.05) is 12.1 Å². The van der Waals surface area contributed by atoms with Crippen molar-refractivity contribution in [3.05, 3.63) is 58.7 Å². The normalized spacial score (nSPS) is 16.6. The molecule has 2 heterocycles. The van der Waals surface area contributed by atoms with Gasteiger partial charge in [0.1, 0.15) is 11.1 Å². The number of benzene rings is 1. The third-order valence-corrected chi connectivity index (χ3v) is 5.66. The fourth-order valence-electron chi connectivity index (χ4n) is 3.06. The first-order valence-corrected chi connectivity index (χ1v) is 10.2. The molecule has 0 spiro atoms. The highest BCUT2D eigenvalue weighted by Crippen LogP contribution is 2.41. The number of amides is 1. The Balaban J connectivity index is 2.25. The number of hydrogen-bond acceptors (Lipinski definition) is 7. The molecule has 1 aromatic carbocycles. The number of carbonyl (C=O) groups is 1. The molecule has 3 rings (SSSR count). The highest BCUT2D eigenvalue weighted by molar-refractivity contribution is 7.91. The Labute approximate surface area is 161 Å². The van der Waals surface area contributed by atoms with Gasteiger partial charge >= 0.3 is 0 Å². The van der Waals surface area contributed by atoms with Crippen molar-refractivity contribution in [1.82, 2.24) is 10.5 Å². The van der Waals surface area contributed by atoms with Gasteiger partial charge in [0.2, 0.25) is 5.79 Å². The summed E-state index contributed by atoms with van der Waals surface area (Å²) in [6.07, 6.45) is 2.28. The maximum atomic E-state index is 13.3. The quantitative estimate of drug-likeness (QED) is 0.586. The Morgan fingerprint density at radius 2 is 1.96 bits per heavy atom. The zero-order valence-corrected chi connectivity index (χ0v) is 16.2. The van der Waals surface area contributed by atoms with E-state index in [2.05, 4.69) is 4.98 Å². The average molecular weight is 410 g/mol. The largest absolute Gasteiger partial charge is 0.460 e. The molecule has 0 saturated carbocycles. The van der Waals surface area contributed by atoms with Crippen molar-refractivity contribution in [2.75, 3.05) is 6.26 Å². The zero-order chi connectivity index (χ0) is 20.7. The number of sulfone groups is 1. The summed E-state index contributed by atoms with van der Waals surface area (Å²) in [6, 6.07) is 5.07. The van der Waals surface area contributed by atoms with Crippen LogP contribution >= 0.6 is 0 Å². The van der Waals surface area contributed by atoms with Gasteiger partial charge in [-0.05, 0) is 17.7 Å². The molecule has 2 N–H and O–H groups in total. The number of ether oxygens (including phenoxy) is 2. The van der Waals surface area contributed by atoms with Gasteiger partial charge in [-0.25, -0.2) is 23.3 Å². The second-order valence-electron chi connectivity index (χ2n) is 6.86. The van der Waals surface area contributed by atoms with Crippen molar-refractivity contribution in [2.24, 2.45) is 0 Å². The summed E-state index contributed by atoms with van der Waals surface area (Å²) in [5, 5.41) is 7.80. The van der Waals surface area contributed by atoms with E-state index in [0.29, 0.717) is 11.1 Å². The Bertz CT molecular complexity index is 1020. The van der Waals surface area contributed by atoms with Crippen molar-refractivity contribution in [2.45, 2.75) is 31.5 Å². The lowest BCUT2D eigenvalue weighted by Crippen LogP contribution is -2.38. The molecule has 0 radical (unpaired) electrons. The van der Waals surface area contributed by atoms with E-state index in [4.69, 9.17) is 14.7 Å². The molecule has 1 aromatic heterocycles. The molecule has 1 aliphatic rings. The fraction of sp³-hybridized carbons (Fsp3) is 0.333. The molecule has 0 bridgehead atoms. The van der Waals surface area contributed by atoms with Crippen LogP contribution in [0.4, 0.5) is 4.39 Å². The third kappa shape index (κ3) is 3.84.